The van der Waals surface area contributed by atoms with E-state index in [4.69, 9.17) is 4.74 Å². The first-order valence-corrected chi connectivity index (χ1v) is 7.89. The fraction of sp³-hybridized carbons (Fsp3) is 1.00. The molecule has 0 heterocycles. The molecule has 2 atom stereocenters. The minimum absolute atomic E-state index is 0.0142. The molecule has 1 saturated carbocycles. The van der Waals surface area contributed by atoms with Crippen LogP contribution in [0, 0.1) is 11.8 Å². The normalized spacial score (nSPS) is 29.8. The van der Waals surface area contributed by atoms with Crippen LogP contribution in [0.2, 0.25) is 0 Å². The second-order valence-electron chi connectivity index (χ2n) is 6.09. The summed E-state index contributed by atoms with van der Waals surface area (Å²) in [5, 5.41) is 3.70. The van der Waals surface area contributed by atoms with Crippen molar-refractivity contribution in [1.29, 1.82) is 0 Å². The second kappa shape index (κ2) is 7.49. The zero-order valence-corrected chi connectivity index (χ0v) is 13.1. The van der Waals surface area contributed by atoms with Crippen LogP contribution in [-0.4, -0.2) is 25.3 Å². The van der Waals surface area contributed by atoms with Crippen LogP contribution >= 0.6 is 0 Å². The molecular weight excluding hydrogens is 222 g/mol. The lowest BCUT2D eigenvalue weighted by atomic mass is 9.72. The molecule has 2 nitrogen and oxygen atoms in total. The lowest BCUT2D eigenvalue weighted by molar-refractivity contribution is -0.0514. The van der Waals surface area contributed by atoms with Gasteiger partial charge < -0.3 is 10.1 Å². The Morgan fingerprint density at radius 3 is 2.17 bits per heavy atom. The standard InChI is InChI=1S/C16H33NO/c1-6-13-9-11-14(12-10-13)15(17-8-3)16(4,7-2)18-5/h13-15,17H,6-12H2,1-5H3. The molecule has 1 aliphatic rings. The van der Waals surface area contributed by atoms with Gasteiger partial charge in [-0.25, -0.2) is 0 Å². The Balaban J connectivity index is 2.67. The van der Waals surface area contributed by atoms with Crippen molar-refractivity contribution in [3.63, 3.8) is 0 Å². The average molecular weight is 255 g/mol. The summed E-state index contributed by atoms with van der Waals surface area (Å²) in [5.41, 5.74) is -0.0142. The average Bonchev–Trinajstić information content (AvgIpc) is 2.44. The Labute approximate surface area is 114 Å². The number of nitrogens with one attached hydrogen (secondary N) is 1. The van der Waals surface area contributed by atoms with Gasteiger partial charge in [0.2, 0.25) is 0 Å². The van der Waals surface area contributed by atoms with Crippen molar-refractivity contribution in [2.24, 2.45) is 11.8 Å². The van der Waals surface area contributed by atoms with Gasteiger partial charge in [-0.2, -0.15) is 0 Å². The van der Waals surface area contributed by atoms with Gasteiger partial charge in [-0.1, -0.05) is 40.0 Å². The number of rotatable bonds is 7. The molecule has 18 heavy (non-hydrogen) atoms. The second-order valence-corrected chi connectivity index (χ2v) is 6.09. The van der Waals surface area contributed by atoms with E-state index in [1.54, 1.807) is 0 Å². The maximum Gasteiger partial charge on any atom is 0.0803 e. The van der Waals surface area contributed by atoms with Gasteiger partial charge in [0.1, 0.15) is 0 Å². The van der Waals surface area contributed by atoms with Gasteiger partial charge in [0, 0.05) is 13.2 Å². The highest BCUT2D eigenvalue weighted by molar-refractivity contribution is 4.94. The minimum Gasteiger partial charge on any atom is -0.377 e. The molecule has 108 valence electrons. The van der Waals surface area contributed by atoms with E-state index in [0.717, 1.165) is 24.8 Å². The largest absolute Gasteiger partial charge is 0.377 e. The van der Waals surface area contributed by atoms with E-state index in [0.29, 0.717) is 6.04 Å². The third kappa shape index (κ3) is 3.71. The Kier molecular flexibility index (Phi) is 6.65. The Morgan fingerprint density at radius 1 is 1.17 bits per heavy atom. The zero-order valence-electron chi connectivity index (χ0n) is 13.1. The van der Waals surface area contributed by atoms with Crippen molar-refractivity contribution in [3.8, 4) is 0 Å². The summed E-state index contributed by atoms with van der Waals surface area (Å²) in [4.78, 5) is 0. The molecule has 0 spiro atoms. The highest BCUT2D eigenvalue weighted by Gasteiger charge is 2.38. The van der Waals surface area contributed by atoms with E-state index in [-0.39, 0.29) is 5.60 Å². The van der Waals surface area contributed by atoms with Crippen LogP contribution in [0.25, 0.3) is 0 Å². The molecule has 1 fully saturated rings. The predicted molar refractivity (Wildman–Crippen MR) is 78.9 cm³/mol. The van der Waals surface area contributed by atoms with Crippen LogP contribution < -0.4 is 5.32 Å². The molecule has 2 unspecified atom stereocenters. The molecule has 1 rings (SSSR count). The highest BCUT2D eigenvalue weighted by Crippen LogP contribution is 2.37. The van der Waals surface area contributed by atoms with Gasteiger partial charge in [-0.15, -0.1) is 0 Å². The van der Waals surface area contributed by atoms with Crippen molar-refractivity contribution >= 4 is 0 Å². The van der Waals surface area contributed by atoms with E-state index in [1.807, 2.05) is 7.11 Å². The van der Waals surface area contributed by atoms with Crippen LogP contribution in [0.1, 0.15) is 66.2 Å². The number of methoxy groups -OCH3 is 1. The molecule has 1 aliphatic carbocycles. The lowest BCUT2D eigenvalue weighted by Crippen LogP contribution is -2.54. The maximum atomic E-state index is 5.85. The van der Waals surface area contributed by atoms with Crippen LogP contribution in [-0.2, 0) is 4.74 Å². The van der Waals surface area contributed by atoms with Crippen LogP contribution in [0.4, 0.5) is 0 Å². The molecule has 2 heteroatoms. The van der Waals surface area contributed by atoms with Crippen molar-refractivity contribution < 1.29 is 4.74 Å². The number of likely N-dealkylation sites (N-methyl/N-ethyl adjacent to an activating group) is 1. The van der Waals surface area contributed by atoms with E-state index in [9.17, 15) is 0 Å². The summed E-state index contributed by atoms with van der Waals surface area (Å²) in [6, 6.07) is 0.510. The Hall–Kier alpha value is -0.0800. The molecule has 0 aromatic heterocycles. The molecule has 0 amide bonds. The SMILES string of the molecule is CCNC(C1CCC(CC)CC1)C(C)(CC)OC. The van der Waals surface area contributed by atoms with E-state index >= 15 is 0 Å². The predicted octanol–water partition coefficient (Wildman–Crippen LogP) is 4.00. The van der Waals surface area contributed by atoms with E-state index in [2.05, 4.69) is 33.0 Å². The molecule has 0 aromatic carbocycles. The molecule has 0 saturated heterocycles. The third-order valence-corrected chi connectivity index (χ3v) is 5.19. The van der Waals surface area contributed by atoms with E-state index < -0.39 is 0 Å². The summed E-state index contributed by atoms with van der Waals surface area (Å²) >= 11 is 0. The highest BCUT2D eigenvalue weighted by atomic mass is 16.5. The van der Waals surface area contributed by atoms with Crippen LogP contribution in [0.15, 0.2) is 0 Å². The number of hydrogen-bond acceptors (Lipinski definition) is 2. The summed E-state index contributed by atoms with van der Waals surface area (Å²) in [6.45, 7) is 10.1. The fourth-order valence-electron chi connectivity index (χ4n) is 3.52. The topological polar surface area (TPSA) is 21.3 Å². The first-order chi connectivity index (χ1) is 8.61. The van der Waals surface area contributed by atoms with Gasteiger partial charge in [0.05, 0.1) is 5.60 Å². The van der Waals surface area contributed by atoms with Crippen LogP contribution in [0.3, 0.4) is 0 Å². The van der Waals surface area contributed by atoms with Crippen LogP contribution in [0.5, 0.6) is 0 Å². The molecule has 0 radical (unpaired) electrons. The zero-order chi connectivity index (χ0) is 13.6. The van der Waals surface area contributed by atoms with Crippen molar-refractivity contribution in [1.82, 2.24) is 5.32 Å². The van der Waals surface area contributed by atoms with Gasteiger partial charge in [-0.05, 0) is 44.6 Å². The maximum absolute atomic E-state index is 5.85. The summed E-state index contributed by atoms with van der Waals surface area (Å²) in [5.74, 6) is 1.76. The summed E-state index contributed by atoms with van der Waals surface area (Å²) in [7, 11) is 1.87. The number of ether oxygens (including phenoxy) is 1. The smallest absolute Gasteiger partial charge is 0.0803 e. The first-order valence-electron chi connectivity index (χ1n) is 7.89. The summed E-state index contributed by atoms with van der Waals surface area (Å²) in [6.07, 6.45) is 7.99. The lowest BCUT2D eigenvalue weighted by Gasteiger charge is -2.43. The molecular formula is C16H33NO. The monoisotopic (exact) mass is 255 g/mol. The molecule has 0 bridgehead atoms. The van der Waals surface area contributed by atoms with Gasteiger partial charge in [-0.3, -0.25) is 0 Å². The van der Waals surface area contributed by atoms with Gasteiger partial charge in [0.25, 0.3) is 0 Å². The number of hydrogen-bond donors (Lipinski definition) is 1. The van der Waals surface area contributed by atoms with Crippen molar-refractivity contribution in [2.45, 2.75) is 77.9 Å². The minimum atomic E-state index is -0.0142. The van der Waals surface area contributed by atoms with Gasteiger partial charge in [0.15, 0.2) is 0 Å². The van der Waals surface area contributed by atoms with E-state index in [1.165, 1.54) is 32.1 Å². The quantitative estimate of drug-likeness (QED) is 0.742. The Morgan fingerprint density at radius 2 is 1.78 bits per heavy atom. The third-order valence-electron chi connectivity index (χ3n) is 5.19. The first kappa shape index (κ1) is 16.0. The van der Waals surface area contributed by atoms with Crippen molar-refractivity contribution in [3.05, 3.63) is 0 Å². The van der Waals surface area contributed by atoms with Crippen molar-refractivity contribution in [2.75, 3.05) is 13.7 Å². The molecule has 0 aliphatic heterocycles. The van der Waals surface area contributed by atoms with Gasteiger partial charge >= 0.3 is 0 Å². The molecule has 1 N–H and O–H groups in total. The summed E-state index contributed by atoms with van der Waals surface area (Å²) < 4.78 is 5.85. The fourth-order valence-corrected chi connectivity index (χ4v) is 3.52. The Bertz CT molecular complexity index is 217. The molecule has 0 aromatic rings.